The molecule has 0 saturated heterocycles. The van der Waals surface area contributed by atoms with Gasteiger partial charge in [-0.2, -0.15) is 0 Å². The van der Waals surface area contributed by atoms with E-state index in [1.165, 1.54) is 12.5 Å². The Hall–Kier alpha value is -1.09. The standard InChI is InChI=1S/C14H18FNO/c15-10-5-6-13(17-11-3-1-4-11)12(9-10)14(16)7-2-8-14/h5-6,9,11H,1-4,7-8,16H2. The van der Waals surface area contributed by atoms with Crippen LogP contribution in [0, 0.1) is 5.82 Å². The summed E-state index contributed by atoms with van der Waals surface area (Å²) in [7, 11) is 0. The van der Waals surface area contributed by atoms with E-state index in [-0.39, 0.29) is 11.4 Å². The van der Waals surface area contributed by atoms with Crippen molar-refractivity contribution >= 4 is 0 Å². The maximum atomic E-state index is 13.4. The van der Waals surface area contributed by atoms with E-state index in [0.29, 0.717) is 6.10 Å². The van der Waals surface area contributed by atoms with Gasteiger partial charge in [-0.3, -0.25) is 0 Å². The lowest BCUT2D eigenvalue weighted by Gasteiger charge is -2.40. The van der Waals surface area contributed by atoms with Crippen LogP contribution in [0.2, 0.25) is 0 Å². The molecule has 0 aromatic heterocycles. The molecule has 2 saturated carbocycles. The molecule has 0 amide bonds. The number of hydrogen-bond acceptors (Lipinski definition) is 2. The van der Waals surface area contributed by atoms with Gasteiger partial charge < -0.3 is 10.5 Å². The van der Waals surface area contributed by atoms with Gasteiger partial charge in [0.15, 0.2) is 0 Å². The predicted molar refractivity (Wildman–Crippen MR) is 64.4 cm³/mol. The molecule has 0 radical (unpaired) electrons. The van der Waals surface area contributed by atoms with Crippen LogP contribution in [0.5, 0.6) is 5.75 Å². The quantitative estimate of drug-likeness (QED) is 0.873. The number of halogens is 1. The van der Waals surface area contributed by atoms with E-state index in [4.69, 9.17) is 10.5 Å². The molecule has 3 rings (SSSR count). The average Bonchev–Trinajstić information content (AvgIpc) is 2.21. The maximum Gasteiger partial charge on any atom is 0.124 e. The molecule has 1 aromatic rings. The van der Waals surface area contributed by atoms with Gasteiger partial charge in [0.1, 0.15) is 11.6 Å². The van der Waals surface area contributed by atoms with Gasteiger partial charge in [0.2, 0.25) is 0 Å². The SMILES string of the molecule is NC1(c2cc(F)ccc2OC2CCC2)CCC1. The fourth-order valence-electron chi connectivity index (χ4n) is 2.49. The van der Waals surface area contributed by atoms with Crippen LogP contribution in [0.1, 0.15) is 44.1 Å². The molecule has 0 aliphatic heterocycles. The molecule has 0 spiro atoms. The van der Waals surface area contributed by atoms with Gasteiger partial charge in [-0.1, -0.05) is 0 Å². The molecule has 17 heavy (non-hydrogen) atoms. The van der Waals surface area contributed by atoms with Crippen molar-refractivity contribution in [2.24, 2.45) is 5.73 Å². The molecular weight excluding hydrogens is 217 g/mol. The number of benzene rings is 1. The highest BCUT2D eigenvalue weighted by Gasteiger charge is 2.37. The number of ether oxygens (including phenoxy) is 1. The van der Waals surface area contributed by atoms with Crippen LogP contribution in [-0.2, 0) is 5.54 Å². The fourth-order valence-corrected chi connectivity index (χ4v) is 2.49. The zero-order valence-electron chi connectivity index (χ0n) is 9.92. The normalized spacial score (nSPS) is 22.7. The van der Waals surface area contributed by atoms with Crippen molar-refractivity contribution in [3.8, 4) is 5.75 Å². The fraction of sp³-hybridized carbons (Fsp3) is 0.571. The second-order valence-corrected chi connectivity index (χ2v) is 5.32. The van der Waals surface area contributed by atoms with Gasteiger partial charge in [-0.25, -0.2) is 4.39 Å². The van der Waals surface area contributed by atoms with Crippen molar-refractivity contribution in [3.63, 3.8) is 0 Å². The zero-order valence-corrected chi connectivity index (χ0v) is 9.92. The predicted octanol–water partition coefficient (Wildman–Crippen LogP) is 3.09. The molecule has 0 heterocycles. The zero-order chi connectivity index (χ0) is 11.9. The average molecular weight is 235 g/mol. The van der Waals surface area contributed by atoms with Crippen LogP contribution in [0.4, 0.5) is 4.39 Å². The summed E-state index contributed by atoms with van der Waals surface area (Å²) in [6.45, 7) is 0. The smallest absolute Gasteiger partial charge is 0.124 e. The summed E-state index contributed by atoms with van der Waals surface area (Å²) in [5.74, 6) is 0.566. The van der Waals surface area contributed by atoms with E-state index in [0.717, 1.165) is 43.4 Å². The first-order chi connectivity index (χ1) is 8.17. The Balaban J connectivity index is 1.90. The highest BCUT2D eigenvalue weighted by molar-refractivity contribution is 5.41. The lowest BCUT2D eigenvalue weighted by Crippen LogP contribution is -2.44. The molecule has 2 aliphatic rings. The second kappa shape index (κ2) is 3.98. The first-order valence-corrected chi connectivity index (χ1v) is 6.43. The number of hydrogen-bond donors (Lipinski definition) is 1. The molecule has 0 unspecified atom stereocenters. The summed E-state index contributed by atoms with van der Waals surface area (Å²) >= 11 is 0. The number of rotatable bonds is 3. The van der Waals surface area contributed by atoms with E-state index in [1.807, 2.05) is 0 Å². The minimum Gasteiger partial charge on any atom is -0.490 e. The van der Waals surface area contributed by atoms with Crippen LogP contribution in [0.25, 0.3) is 0 Å². The van der Waals surface area contributed by atoms with Crippen LogP contribution >= 0.6 is 0 Å². The highest BCUT2D eigenvalue weighted by atomic mass is 19.1. The Morgan fingerprint density at radius 3 is 2.53 bits per heavy atom. The molecule has 2 aliphatic carbocycles. The van der Waals surface area contributed by atoms with Crippen molar-refractivity contribution in [3.05, 3.63) is 29.6 Å². The van der Waals surface area contributed by atoms with E-state index in [1.54, 1.807) is 12.1 Å². The Kier molecular flexibility index (Phi) is 2.58. The third kappa shape index (κ3) is 1.93. The van der Waals surface area contributed by atoms with Crippen molar-refractivity contribution in [1.29, 1.82) is 0 Å². The largest absolute Gasteiger partial charge is 0.490 e. The molecular formula is C14H18FNO. The summed E-state index contributed by atoms with van der Waals surface area (Å²) in [6, 6.07) is 4.74. The van der Waals surface area contributed by atoms with Crippen LogP contribution in [0.15, 0.2) is 18.2 Å². The molecule has 92 valence electrons. The third-order valence-electron chi connectivity index (χ3n) is 4.07. The lowest BCUT2D eigenvalue weighted by molar-refractivity contribution is 0.113. The van der Waals surface area contributed by atoms with Gasteiger partial charge in [0, 0.05) is 11.1 Å². The van der Waals surface area contributed by atoms with E-state index in [9.17, 15) is 4.39 Å². The van der Waals surface area contributed by atoms with Gasteiger partial charge in [0.05, 0.1) is 6.10 Å². The molecule has 0 bridgehead atoms. The van der Waals surface area contributed by atoms with Crippen molar-refractivity contribution < 1.29 is 9.13 Å². The summed E-state index contributed by atoms with van der Waals surface area (Å²) in [5, 5.41) is 0. The van der Waals surface area contributed by atoms with Crippen LogP contribution in [0.3, 0.4) is 0 Å². The maximum absolute atomic E-state index is 13.4. The van der Waals surface area contributed by atoms with Gasteiger partial charge in [-0.15, -0.1) is 0 Å². The minimum absolute atomic E-state index is 0.224. The minimum atomic E-state index is -0.360. The molecule has 2 nitrogen and oxygen atoms in total. The van der Waals surface area contributed by atoms with Gasteiger partial charge in [0.25, 0.3) is 0 Å². The van der Waals surface area contributed by atoms with E-state index >= 15 is 0 Å². The first-order valence-electron chi connectivity index (χ1n) is 6.43. The van der Waals surface area contributed by atoms with Crippen molar-refractivity contribution in [1.82, 2.24) is 0 Å². The molecule has 2 fully saturated rings. The van der Waals surface area contributed by atoms with Gasteiger partial charge >= 0.3 is 0 Å². The highest BCUT2D eigenvalue weighted by Crippen LogP contribution is 2.43. The molecule has 2 N–H and O–H groups in total. The summed E-state index contributed by atoms with van der Waals surface area (Å²) in [6.07, 6.45) is 6.73. The summed E-state index contributed by atoms with van der Waals surface area (Å²) in [5.41, 5.74) is 6.78. The number of nitrogens with two attached hydrogens (primary N) is 1. The first kappa shape index (κ1) is 11.0. The van der Waals surface area contributed by atoms with Crippen LogP contribution in [-0.4, -0.2) is 6.10 Å². The van der Waals surface area contributed by atoms with Crippen molar-refractivity contribution in [2.75, 3.05) is 0 Å². The van der Waals surface area contributed by atoms with E-state index < -0.39 is 0 Å². The topological polar surface area (TPSA) is 35.2 Å². The Bertz CT molecular complexity index is 424. The molecule has 1 aromatic carbocycles. The second-order valence-electron chi connectivity index (χ2n) is 5.32. The summed E-state index contributed by atoms with van der Waals surface area (Å²) < 4.78 is 19.3. The van der Waals surface area contributed by atoms with Crippen molar-refractivity contribution in [2.45, 2.75) is 50.2 Å². The Morgan fingerprint density at radius 1 is 1.24 bits per heavy atom. The molecule has 3 heteroatoms. The summed E-state index contributed by atoms with van der Waals surface area (Å²) in [4.78, 5) is 0. The van der Waals surface area contributed by atoms with E-state index in [2.05, 4.69) is 0 Å². The monoisotopic (exact) mass is 235 g/mol. The molecule has 0 atom stereocenters. The van der Waals surface area contributed by atoms with Crippen LogP contribution < -0.4 is 10.5 Å². The Labute approximate surface area is 101 Å². The van der Waals surface area contributed by atoms with Gasteiger partial charge in [-0.05, 0) is 56.7 Å². The Morgan fingerprint density at radius 2 is 2.00 bits per heavy atom. The lowest BCUT2D eigenvalue weighted by atomic mass is 9.72. The third-order valence-corrected chi connectivity index (χ3v) is 4.07.